The van der Waals surface area contributed by atoms with Crippen molar-refractivity contribution in [2.24, 2.45) is 0 Å². The van der Waals surface area contributed by atoms with Crippen molar-refractivity contribution in [1.82, 2.24) is 14.9 Å². The first-order valence-corrected chi connectivity index (χ1v) is 11.7. The summed E-state index contributed by atoms with van der Waals surface area (Å²) in [6, 6.07) is 17.9. The standard InChI is InChI=1S/C26H28N4O7/c1-18-17-22(35-25(31)36-26(2,3)4)29(27-18)20-11-13-21(14-12-20)33-15-8-16-34-24-23(30(32)37-28-24)19-9-6-5-7-10-19/h5-7,9-14,17H,8,15-16H2,1-4H3. The van der Waals surface area contributed by atoms with Crippen LogP contribution >= 0.6 is 0 Å². The molecule has 0 spiro atoms. The van der Waals surface area contributed by atoms with E-state index in [9.17, 15) is 10.0 Å². The van der Waals surface area contributed by atoms with E-state index in [1.807, 2.05) is 18.2 Å². The monoisotopic (exact) mass is 508 g/mol. The van der Waals surface area contributed by atoms with Crippen molar-refractivity contribution in [3.05, 3.63) is 71.6 Å². The van der Waals surface area contributed by atoms with Crippen LogP contribution in [-0.2, 0) is 4.74 Å². The molecule has 0 aliphatic rings. The van der Waals surface area contributed by atoms with E-state index in [0.29, 0.717) is 40.6 Å². The van der Waals surface area contributed by atoms with Crippen molar-refractivity contribution in [3.63, 3.8) is 0 Å². The second-order valence-corrected chi connectivity index (χ2v) is 9.10. The van der Waals surface area contributed by atoms with Gasteiger partial charge in [-0.2, -0.15) is 5.10 Å². The summed E-state index contributed by atoms with van der Waals surface area (Å²) < 4.78 is 28.2. The molecule has 0 fully saturated rings. The van der Waals surface area contributed by atoms with E-state index in [2.05, 4.69) is 14.9 Å². The third-order valence-corrected chi connectivity index (χ3v) is 4.88. The van der Waals surface area contributed by atoms with Crippen LogP contribution in [0.1, 0.15) is 32.9 Å². The van der Waals surface area contributed by atoms with Gasteiger partial charge in [-0.3, -0.25) is 4.63 Å². The quantitative estimate of drug-likeness (QED) is 0.181. The predicted molar refractivity (Wildman–Crippen MR) is 132 cm³/mol. The zero-order valence-corrected chi connectivity index (χ0v) is 21.0. The molecule has 194 valence electrons. The van der Waals surface area contributed by atoms with E-state index in [1.54, 1.807) is 70.2 Å². The van der Waals surface area contributed by atoms with Crippen molar-refractivity contribution in [2.75, 3.05) is 13.2 Å². The van der Waals surface area contributed by atoms with Gasteiger partial charge in [-0.05, 0) is 56.9 Å². The fourth-order valence-electron chi connectivity index (χ4n) is 3.35. The Morgan fingerprint density at radius 1 is 1.05 bits per heavy atom. The van der Waals surface area contributed by atoms with Gasteiger partial charge in [0, 0.05) is 18.1 Å². The van der Waals surface area contributed by atoms with Crippen LogP contribution < -0.4 is 19.1 Å². The molecule has 0 radical (unpaired) electrons. The van der Waals surface area contributed by atoms with Gasteiger partial charge in [0.05, 0.1) is 29.8 Å². The average molecular weight is 509 g/mol. The first-order chi connectivity index (χ1) is 17.7. The van der Waals surface area contributed by atoms with Gasteiger partial charge in [0.2, 0.25) is 5.88 Å². The number of benzene rings is 2. The maximum absolute atomic E-state index is 12.1. The smallest absolute Gasteiger partial charge is 0.493 e. The molecule has 4 rings (SSSR count). The van der Waals surface area contributed by atoms with Crippen molar-refractivity contribution >= 4 is 6.16 Å². The molecule has 11 nitrogen and oxygen atoms in total. The third-order valence-electron chi connectivity index (χ3n) is 4.88. The summed E-state index contributed by atoms with van der Waals surface area (Å²) in [6.45, 7) is 7.75. The maximum atomic E-state index is 12.1. The SMILES string of the molecule is Cc1cc(OC(=O)OC(C)(C)C)n(-c2ccc(OCCCOc3no[n+]([O-])c3-c3ccccc3)cc2)n1. The Labute approximate surface area is 213 Å². The van der Waals surface area contributed by atoms with Crippen LogP contribution in [0.5, 0.6) is 17.5 Å². The largest absolute Gasteiger partial charge is 0.515 e. The summed E-state index contributed by atoms with van der Waals surface area (Å²) in [5.74, 6) is 1.02. The minimum atomic E-state index is -0.803. The molecule has 2 aromatic carbocycles. The molecule has 2 heterocycles. The van der Waals surface area contributed by atoms with Crippen LogP contribution in [-0.4, -0.2) is 39.9 Å². The molecule has 37 heavy (non-hydrogen) atoms. The molecule has 2 aromatic heterocycles. The van der Waals surface area contributed by atoms with Gasteiger partial charge in [0.1, 0.15) is 11.4 Å². The lowest BCUT2D eigenvalue weighted by Crippen LogP contribution is -2.26. The minimum absolute atomic E-state index is 0.129. The van der Waals surface area contributed by atoms with Gasteiger partial charge in [-0.15, -0.1) is 0 Å². The van der Waals surface area contributed by atoms with Crippen LogP contribution in [0.3, 0.4) is 0 Å². The second kappa shape index (κ2) is 11.0. The number of carbonyl (C=O) groups is 1. The number of aromatic nitrogens is 4. The molecular weight excluding hydrogens is 480 g/mol. The minimum Gasteiger partial charge on any atom is -0.493 e. The molecule has 0 aliphatic carbocycles. The maximum Gasteiger partial charge on any atom is 0.515 e. The van der Waals surface area contributed by atoms with Crippen molar-refractivity contribution in [1.29, 1.82) is 0 Å². The normalized spacial score (nSPS) is 11.2. The van der Waals surface area contributed by atoms with Crippen LogP contribution in [0, 0.1) is 12.1 Å². The molecule has 0 N–H and O–H groups in total. The summed E-state index contributed by atoms with van der Waals surface area (Å²) in [6.07, 6.45) is -0.254. The molecule has 11 heteroatoms. The van der Waals surface area contributed by atoms with E-state index in [4.69, 9.17) is 18.9 Å². The predicted octanol–water partition coefficient (Wildman–Crippen LogP) is 4.63. The van der Waals surface area contributed by atoms with Gasteiger partial charge in [-0.25, -0.2) is 9.48 Å². The first kappa shape index (κ1) is 25.5. The van der Waals surface area contributed by atoms with E-state index in [0.717, 1.165) is 0 Å². The topological polar surface area (TPSA) is 125 Å². The molecule has 0 amide bonds. The van der Waals surface area contributed by atoms with Crippen LogP contribution in [0.2, 0.25) is 0 Å². The van der Waals surface area contributed by atoms with Crippen molar-refractivity contribution < 1.29 is 33.3 Å². The zero-order valence-electron chi connectivity index (χ0n) is 21.0. The average Bonchev–Trinajstić information content (AvgIpc) is 3.40. The molecule has 0 unspecified atom stereocenters. The fraction of sp³-hybridized carbons (Fsp3) is 0.308. The Kier molecular flexibility index (Phi) is 7.61. The van der Waals surface area contributed by atoms with Gasteiger partial charge in [-0.1, -0.05) is 30.3 Å². The Morgan fingerprint density at radius 3 is 2.46 bits per heavy atom. The lowest BCUT2D eigenvalue weighted by atomic mass is 10.2. The number of hydrogen-bond acceptors (Lipinski definition) is 9. The Hall–Kier alpha value is -4.54. The summed E-state index contributed by atoms with van der Waals surface area (Å²) >= 11 is 0. The van der Waals surface area contributed by atoms with Crippen molar-refractivity contribution in [2.45, 2.75) is 39.7 Å². The molecule has 0 aliphatic heterocycles. The van der Waals surface area contributed by atoms with E-state index >= 15 is 0 Å². The Bertz CT molecular complexity index is 1330. The van der Waals surface area contributed by atoms with Crippen LogP contribution in [0.4, 0.5) is 4.79 Å². The summed E-state index contributed by atoms with van der Waals surface area (Å²) in [5.41, 5.74) is 1.58. The highest BCUT2D eigenvalue weighted by molar-refractivity contribution is 5.64. The highest BCUT2D eigenvalue weighted by Crippen LogP contribution is 2.25. The summed E-state index contributed by atoms with van der Waals surface area (Å²) in [7, 11) is 0. The molecule has 0 saturated heterocycles. The zero-order chi connectivity index (χ0) is 26.4. The van der Waals surface area contributed by atoms with Gasteiger partial charge in [0.25, 0.3) is 5.69 Å². The number of rotatable bonds is 9. The number of ether oxygens (including phenoxy) is 4. The molecular formula is C26H28N4O7. The van der Waals surface area contributed by atoms with E-state index in [1.165, 1.54) is 4.68 Å². The number of carbonyl (C=O) groups excluding carboxylic acids is 1. The molecule has 4 aromatic rings. The second-order valence-electron chi connectivity index (χ2n) is 9.10. The fourth-order valence-corrected chi connectivity index (χ4v) is 3.35. The van der Waals surface area contributed by atoms with Gasteiger partial charge >= 0.3 is 12.0 Å². The molecule has 0 bridgehead atoms. The highest BCUT2D eigenvalue weighted by Gasteiger charge is 2.23. The van der Waals surface area contributed by atoms with Gasteiger partial charge in [0.15, 0.2) is 0 Å². The lowest BCUT2D eigenvalue weighted by Gasteiger charge is -2.18. The van der Waals surface area contributed by atoms with E-state index < -0.39 is 11.8 Å². The van der Waals surface area contributed by atoms with Crippen LogP contribution in [0.25, 0.3) is 16.9 Å². The van der Waals surface area contributed by atoms with Gasteiger partial charge < -0.3 is 24.2 Å². The van der Waals surface area contributed by atoms with E-state index in [-0.39, 0.29) is 24.1 Å². The lowest BCUT2D eigenvalue weighted by molar-refractivity contribution is -0.793. The summed E-state index contributed by atoms with van der Waals surface area (Å²) in [5, 5.41) is 20.0. The number of aryl methyl sites for hydroxylation is 1. The summed E-state index contributed by atoms with van der Waals surface area (Å²) in [4.78, 5) is 12.4. The first-order valence-electron chi connectivity index (χ1n) is 11.7. The number of nitrogens with zero attached hydrogens (tertiary/aromatic N) is 4. The molecule has 0 atom stereocenters. The molecule has 0 saturated carbocycles. The Morgan fingerprint density at radius 2 is 1.76 bits per heavy atom. The highest BCUT2D eigenvalue weighted by atomic mass is 16.8. The van der Waals surface area contributed by atoms with Crippen molar-refractivity contribution in [3.8, 4) is 34.5 Å². The Balaban J connectivity index is 1.29. The number of hydrogen-bond donors (Lipinski definition) is 0. The van der Waals surface area contributed by atoms with Crippen LogP contribution in [0.15, 0.2) is 65.3 Å². The third kappa shape index (κ3) is 6.78.